The van der Waals surface area contributed by atoms with Crippen LogP contribution in [0.15, 0.2) is 6.07 Å². The van der Waals surface area contributed by atoms with E-state index in [4.69, 9.17) is 16.9 Å². The van der Waals surface area contributed by atoms with Gasteiger partial charge in [-0.1, -0.05) is 0 Å². The van der Waals surface area contributed by atoms with Crippen molar-refractivity contribution in [3.8, 4) is 6.07 Å². The van der Waals surface area contributed by atoms with Crippen LogP contribution in [-0.4, -0.2) is 9.97 Å². The number of hydrogen-bond acceptors (Lipinski definition) is 3. The lowest BCUT2D eigenvalue weighted by molar-refractivity contribution is 0.979. The summed E-state index contributed by atoms with van der Waals surface area (Å²) < 4.78 is 0. The van der Waals surface area contributed by atoms with Crippen molar-refractivity contribution in [2.45, 2.75) is 18.8 Å². The van der Waals surface area contributed by atoms with Crippen LogP contribution in [0.3, 0.4) is 0 Å². The van der Waals surface area contributed by atoms with Crippen molar-refractivity contribution in [2.24, 2.45) is 0 Å². The van der Waals surface area contributed by atoms with Gasteiger partial charge in [-0.25, -0.2) is 9.97 Å². The molecule has 12 heavy (non-hydrogen) atoms. The van der Waals surface area contributed by atoms with Crippen LogP contribution in [0, 0.1) is 11.3 Å². The summed E-state index contributed by atoms with van der Waals surface area (Å²) in [5.74, 6) is 0.512. The smallest absolute Gasteiger partial charge is 0.223 e. The van der Waals surface area contributed by atoms with Gasteiger partial charge < -0.3 is 0 Å². The average Bonchev–Trinajstić information content (AvgIpc) is 2.85. The van der Waals surface area contributed by atoms with Crippen LogP contribution in [0.4, 0.5) is 0 Å². The molecule has 1 aliphatic rings. The van der Waals surface area contributed by atoms with Crippen LogP contribution in [0.5, 0.6) is 0 Å². The number of nitriles is 1. The van der Waals surface area contributed by atoms with E-state index < -0.39 is 0 Å². The first kappa shape index (κ1) is 7.51. The molecule has 1 aromatic heterocycles. The van der Waals surface area contributed by atoms with Gasteiger partial charge in [0.15, 0.2) is 0 Å². The van der Waals surface area contributed by atoms with E-state index in [2.05, 4.69) is 9.97 Å². The van der Waals surface area contributed by atoms with Crippen molar-refractivity contribution < 1.29 is 0 Å². The van der Waals surface area contributed by atoms with E-state index in [9.17, 15) is 0 Å². The Labute approximate surface area is 75.0 Å². The predicted octanol–water partition coefficient (Wildman–Crippen LogP) is 1.88. The Morgan fingerprint density at radius 3 is 2.83 bits per heavy atom. The molecule has 0 spiro atoms. The molecule has 0 aromatic carbocycles. The lowest BCUT2D eigenvalue weighted by Gasteiger charge is -1.96. The molecule has 0 saturated heterocycles. The van der Waals surface area contributed by atoms with Gasteiger partial charge in [0.2, 0.25) is 5.28 Å². The van der Waals surface area contributed by atoms with E-state index in [-0.39, 0.29) is 5.28 Å². The summed E-state index contributed by atoms with van der Waals surface area (Å²) in [4.78, 5) is 7.80. The Morgan fingerprint density at radius 2 is 2.25 bits per heavy atom. The standard InChI is InChI=1S/C8H6ClN3/c9-8-11-6(4-10)3-7(12-8)5-1-2-5/h3,5H,1-2H2. The predicted molar refractivity (Wildman–Crippen MR) is 43.7 cm³/mol. The molecular weight excluding hydrogens is 174 g/mol. The van der Waals surface area contributed by atoms with Gasteiger partial charge in [0.1, 0.15) is 11.8 Å². The highest BCUT2D eigenvalue weighted by atomic mass is 35.5. The molecule has 0 aliphatic heterocycles. The molecule has 3 nitrogen and oxygen atoms in total. The van der Waals surface area contributed by atoms with Crippen LogP contribution >= 0.6 is 11.6 Å². The van der Waals surface area contributed by atoms with Crippen molar-refractivity contribution in [3.05, 3.63) is 22.7 Å². The van der Waals surface area contributed by atoms with E-state index in [0.717, 1.165) is 18.5 Å². The lowest BCUT2D eigenvalue weighted by atomic mass is 10.2. The van der Waals surface area contributed by atoms with Crippen LogP contribution < -0.4 is 0 Å². The molecule has 0 atom stereocenters. The van der Waals surface area contributed by atoms with Crippen molar-refractivity contribution in [3.63, 3.8) is 0 Å². The zero-order valence-corrected chi connectivity index (χ0v) is 7.04. The summed E-state index contributed by atoms with van der Waals surface area (Å²) in [6.45, 7) is 0. The number of rotatable bonds is 1. The summed E-state index contributed by atoms with van der Waals surface area (Å²) in [7, 11) is 0. The van der Waals surface area contributed by atoms with Gasteiger partial charge in [0, 0.05) is 11.6 Å². The van der Waals surface area contributed by atoms with Gasteiger partial charge in [0.25, 0.3) is 0 Å². The van der Waals surface area contributed by atoms with Crippen molar-refractivity contribution >= 4 is 11.6 Å². The monoisotopic (exact) mass is 179 g/mol. The molecule has 1 aliphatic carbocycles. The molecule has 0 radical (unpaired) electrons. The van der Waals surface area contributed by atoms with Gasteiger partial charge in [-0.3, -0.25) is 0 Å². The maximum absolute atomic E-state index is 8.59. The minimum Gasteiger partial charge on any atom is -0.223 e. The topological polar surface area (TPSA) is 49.6 Å². The van der Waals surface area contributed by atoms with Gasteiger partial charge in [-0.05, 0) is 30.5 Å². The summed E-state index contributed by atoms with van der Waals surface area (Å²) in [5, 5.41) is 8.77. The molecule has 1 heterocycles. The first-order chi connectivity index (χ1) is 5.79. The fourth-order valence-corrected chi connectivity index (χ4v) is 1.27. The zero-order valence-electron chi connectivity index (χ0n) is 6.29. The normalized spacial score (nSPS) is 15.7. The Bertz CT molecular complexity index is 352. The van der Waals surface area contributed by atoms with E-state index >= 15 is 0 Å². The second kappa shape index (κ2) is 2.72. The minimum absolute atomic E-state index is 0.177. The fourth-order valence-electron chi connectivity index (χ4n) is 1.08. The molecule has 60 valence electrons. The molecule has 0 unspecified atom stereocenters. The first-order valence-corrected chi connectivity index (χ1v) is 4.12. The highest BCUT2D eigenvalue weighted by Gasteiger charge is 2.25. The molecule has 0 amide bonds. The SMILES string of the molecule is N#Cc1cc(C2CC2)nc(Cl)n1. The third kappa shape index (κ3) is 1.39. The van der Waals surface area contributed by atoms with Crippen molar-refractivity contribution in [1.29, 1.82) is 5.26 Å². The van der Waals surface area contributed by atoms with Crippen LogP contribution in [0.25, 0.3) is 0 Å². The molecule has 4 heteroatoms. The highest BCUT2D eigenvalue weighted by molar-refractivity contribution is 6.28. The first-order valence-electron chi connectivity index (χ1n) is 3.74. The van der Waals surface area contributed by atoms with Gasteiger partial charge in [-0.2, -0.15) is 5.26 Å². The third-order valence-corrected chi connectivity index (χ3v) is 2.00. The van der Waals surface area contributed by atoms with Crippen LogP contribution in [0.2, 0.25) is 5.28 Å². The Balaban J connectivity index is 2.43. The second-order valence-corrected chi connectivity index (χ2v) is 3.17. The minimum atomic E-state index is 0.177. The molecule has 0 bridgehead atoms. The molecule has 2 rings (SSSR count). The Kier molecular flexibility index (Phi) is 1.70. The number of halogens is 1. The number of hydrogen-bond donors (Lipinski definition) is 0. The molecular formula is C8H6ClN3. The Morgan fingerprint density at radius 1 is 1.50 bits per heavy atom. The van der Waals surface area contributed by atoms with E-state index in [1.54, 1.807) is 6.07 Å². The number of nitrogens with zero attached hydrogens (tertiary/aromatic N) is 3. The summed E-state index contributed by atoms with van der Waals surface area (Å²) in [6.07, 6.45) is 2.30. The molecule has 1 fully saturated rings. The van der Waals surface area contributed by atoms with Crippen LogP contribution in [-0.2, 0) is 0 Å². The van der Waals surface area contributed by atoms with Crippen LogP contribution in [0.1, 0.15) is 30.1 Å². The second-order valence-electron chi connectivity index (χ2n) is 2.83. The maximum atomic E-state index is 8.59. The van der Waals surface area contributed by atoms with E-state index in [1.807, 2.05) is 6.07 Å². The maximum Gasteiger partial charge on any atom is 0.223 e. The molecule has 1 saturated carbocycles. The fraction of sp³-hybridized carbons (Fsp3) is 0.375. The summed E-state index contributed by atoms with van der Waals surface area (Å²) in [6, 6.07) is 3.67. The molecule has 1 aromatic rings. The summed E-state index contributed by atoms with van der Waals surface area (Å²) >= 11 is 5.63. The van der Waals surface area contributed by atoms with Crippen molar-refractivity contribution in [1.82, 2.24) is 9.97 Å². The largest absolute Gasteiger partial charge is 0.223 e. The van der Waals surface area contributed by atoms with Gasteiger partial charge >= 0.3 is 0 Å². The number of aromatic nitrogens is 2. The van der Waals surface area contributed by atoms with Crippen molar-refractivity contribution in [2.75, 3.05) is 0 Å². The highest BCUT2D eigenvalue weighted by Crippen LogP contribution is 2.39. The van der Waals surface area contributed by atoms with Gasteiger partial charge in [-0.15, -0.1) is 0 Å². The Hall–Kier alpha value is -1.14. The summed E-state index contributed by atoms with van der Waals surface area (Å²) in [5.41, 5.74) is 1.27. The zero-order chi connectivity index (χ0) is 8.55. The van der Waals surface area contributed by atoms with E-state index in [0.29, 0.717) is 11.6 Å². The van der Waals surface area contributed by atoms with E-state index in [1.165, 1.54) is 0 Å². The molecule has 0 N–H and O–H groups in total. The third-order valence-electron chi connectivity index (χ3n) is 1.83. The quantitative estimate of drug-likeness (QED) is 0.619. The average molecular weight is 180 g/mol. The lowest BCUT2D eigenvalue weighted by Crippen LogP contribution is -1.93. The van der Waals surface area contributed by atoms with Gasteiger partial charge in [0.05, 0.1) is 0 Å².